The molecule has 1 aromatic heterocycles. The van der Waals surface area contributed by atoms with Gasteiger partial charge in [-0.3, -0.25) is 0 Å². The Bertz CT molecular complexity index is 482. The van der Waals surface area contributed by atoms with Crippen molar-refractivity contribution in [3.8, 4) is 5.88 Å². The largest absolute Gasteiger partial charge is 0.481 e. The maximum atomic E-state index is 5.51. The smallest absolute Gasteiger partial charge is 0.221 e. The lowest BCUT2D eigenvalue weighted by Gasteiger charge is -2.06. The van der Waals surface area contributed by atoms with Crippen molar-refractivity contribution >= 4 is 10.8 Å². The molecule has 0 unspecified atom stereocenters. The van der Waals surface area contributed by atoms with E-state index in [1.165, 1.54) is 5.56 Å². The van der Waals surface area contributed by atoms with E-state index in [4.69, 9.17) is 10.5 Å². The lowest BCUT2D eigenvalue weighted by molar-refractivity contribution is 0.403. The summed E-state index contributed by atoms with van der Waals surface area (Å²) in [5.74, 6) is 0.687. The number of benzene rings is 1. The quantitative estimate of drug-likeness (QED) is 0.851. The lowest BCUT2D eigenvalue weighted by atomic mass is 10.1. The van der Waals surface area contributed by atoms with Crippen molar-refractivity contribution < 1.29 is 4.74 Å². The highest BCUT2D eigenvalue weighted by Gasteiger charge is 2.03. The molecule has 0 saturated heterocycles. The van der Waals surface area contributed by atoms with Crippen LogP contribution in [0.1, 0.15) is 12.0 Å². The zero-order valence-electron chi connectivity index (χ0n) is 9.44. The average Bonchev–Trinajstić information content (AvgIpc) is 2.35. The van der Waals surface area contributed by atoms with E-state index < -0.39 is 0 Å². The number of nitrogens with two attached hydrogens (primary N) is 1. The van der Waals surface area contributed by atoms with E-state index in [-0.39, 0.29) is 0 Å². The van der Waals surface area contributed by atoms with Crippen molar-refractivity contribution in [3.05, 3.63) is 36.0 Å². The van der Waals surface area contributed by atoms with Crippen molar-refractivity contribution in [2.45, 2.75) is 12.8 Å². The number of aromatic nitrogens is 1. The molecule has 0 fully saturated rings. The van der Waals surface area contributed by atoms with Gasteiger partial charge in [-0.05, 0) is 42.5 Å². The predicted octanol–water partition coefficient (Wildman–Crippen LogP) is 2.13. The van der Waals surface area contributed by atoms with E-state index in [0.717, 1.165) is 30.2 Å². The first kappa shape index (κ1) is 10.9. The third-order valence-electron chi connectivity index (χ3n) is 2.66. The summed E-state index contributed by atoms with van der Waals surface area (Å²) < 4.78 is 5.25. The second-order valence-electron chi connectivity index (χ2n) is 3.77. The Morgan fingerprint density at radius 1 is 1.31 bits per heavy atom. The van der Waals surface area contributed by atoms with E-state index in [1.807, 2.05) is 6.07 Å². The lowest BCUT2D eigenvalue weighted by Crippen LogP contribution is -2.00. The van der Waals surface area contributed by atoms with Crippen LogP contribution in [0.3, 0.4) is 0 Å². The topological polar surface area (TPSA) is 48.1 Å². The molecule has 0 radical (unpaired) electrons. The number of hydrogen-bond acceptors (Lipinski definition) is 3. The van der Waals surface area contributed by atoms with Crippen LogP contribution in [-0.2, 0) is 6.42 Å². The summed E-state index contributed by atoms with van der Waals surface area (Å²) in [7, 11) is 1.65. The Kier molecular flexibility index (Phi) is 3.37. The van der Waals surface area contributed by atoms with Crippen LogP contribution in [0.2, 0.25) is 0 Å². The minimum atomic E-state index is 0.687. The fourth-order valence-corrected chi connectivity index (χ4v) is 1.81. The molecular formula is C13H16N2O. The fourth-order valence-electron chi connectivity index (χ4n) is 1.81. The molecule has 0 amide bonds. The van der Waals surface area contributed by atoms with Crippen LogP contribution >= 0.6 is 0 Å². The summed E-state index contributed by atoms with van der Waals surface area (Å²) in [5, 5.41) is 2.22. The molecule has 0 bridgehead atoms. The van der Waals surface area contributed by atoms with Crippen LogP contribution < -0.4 is 10.5 Å². The number of hydrogen-bond donors (Lipinski definition) is 1. The molecule has 2 aromatic rings. The van der Waals surface area contributed by atoms with Crippen molar-refractivity contribution in [2.24, 2.45) is 5.73 Å². The van der Waals surface area contributed by atoms with Gasteiger partial charge in [0.15, 0.2) is 0 Å². The van der Waals surface area contributed by atoms with Crippen LogP contribution in [0.5, 0.6) is 5.88 Å². The van der Waals surface area contributed by atoms with Gasteiger partial charge in [0, 0.05) is 11.6 Å². The molecule has 0 atom stereocenters. The third kappa shape index (κ3) is 2.14. The van der Waals surface area contributed by atoms with Gasteiger partial charge in [-0.2, -0.15) is 0 Å². The Hall–Kier alpha value is -1.61. The van der Waals surface area contributed by atoms with Gasteiger partial charge in [0.05, 0.1) is 7.11 Å². The summed E-state index contributed by atoms with van der Waals surface area (Å²) in [4.78, 5) is 4.20. The third-order valence-corrected chi connectivity index (χ3v) is 2.66. The monoisotopic (exact) mass is 216 g/mol. The van der Waals surface area contributed by atoms with Crippen molar-refractivity contribution in [1.82, 2.24) is 4.98 Å². The maximum absolute atomic E-state index is 5.51. The highest BCUT2D eigenvalue weighted by molar-refractivity contribution is 5.87. The van der Waals surface area contributed by atoms with Crippen LogP contribution in [0, 0.1) is 0 Å². The molecule has 0 saturated carbocycles. The minimum Gasteiger partial charge on any atom is -0.481 e. The molecule has 0 spiro atoms. The average molecular weight is 216 g/mol. The Balaban J connectivity index is 2.42. The highest BCUT2D eigenvalue weighted by Crippen LogP contribution is 2.24. The van der Waals surface area contributed by atoms with Crippen molar-refractivity contribution in [1.29, 1.82) is 0 Å². The van der Waals surface area contributed by atoms with E-state index in [9.17, 15) is 0 Å². The highest BCUT2D eigenvalue weighted by atomic mass is 16.5. The number of rotatable bonds is 4. The van der Waals surface area contributed by atoms with Gasteiger partial charge in [-0.15, -0.1) is 0 Å². The summed E-state index contributed by atoms with van der Waals surface area (Å²) in [6.45, 7) is 0.724. The molecule has 16 heavy (non-hydrogen) atoms. The molecule has 2 N–H and O–H groups in total. The van der Waals surface area contributed by atoms with E-state index in [0.29, 0.717) is 5.88 Å². The maximum Gasteiger partial charge on any atom is 0.221 e. The molecule has 1 heterocycles. The molecule has 2 rings (SSSR count). The molecule has 1 aromatic carbocycles. The fraction of sp³-hybridized carbons (Fsp3) is 0.308. The van der Waals surface area contributed by atoms with Gasteiger partial charge in [0.2, 0.25) is 5.88 Å². The van der Waals surface area contributed by atoms with Gasteiger partial charge < -0.3 is 10.5 Å². The molecule has 0 aliphatic heterocycles. The number of pyridine rings is 1. The molecule has 84 valence electrons. The Morgan fingerprint density at radius 2 is 2.19 bits per heavy atom. The summed E-state index contributed by atoms with van der Waals surface area (Å²) in [6.07, 6.45) is 3.78. The van der Waals surface area contributed by atoms with E-state index in [1.54, 1.807) is 13.3 Å². The van der Waals surface area contributed by atoms with Crippen LogP contribution in [-0.4, -0.2) is 18.6 Å². The van der Waals surface area contributed by atoms with Crippen molar-refractivity contribution in [3.63, 3.8) is 0 Å². The molecule has 3 nitrogen and oxygen atoms in total. The summed E-state index contributed by atoms with van der Waals surface area (Å²) >= 11 is 0. The summed E-state index contributed by atoms with van der Waals surface area (Å²) in [5.41, 5.74) is 6.79. The molecule has 0 aliphatic rings. The van der Waals surface area contributed by atoms with Crippen LogP contribution in [0.4, 0.5) is 0 Å². The molecule has 0 aliphatic carbocycles. The van der Waals surface area contributed by atoms with Gasteiger partial charge in [0.25, 0.3) is 0 Å². The summed E-state index contributed by atoms with van der Waals surface area (Å²) in [6, 6.07) is 8.37. The van der Waals surface area contributed by atoms with E-state index >= 15 is 0 Å². The predicted molar refractivity (Wildman–Crippen MR) is 65.7 cm³/mol. The number of fused-ring (bicyclic) bond motifs is 1. The van der Waals surface area contributed by atoms with Gasteiger partial charge in [-0.1, -0.05) is 12.1 Å². The normalized spacial score (nSPS) is 10.6. The Labute approximate surface area is 95.2 Å². The SMILES string of the molecule is COc1nccc2ccc(CCCN)cc12. The van der Waals surface area contributed by atoms with Crippen LogP contribution in [0.25, 0.3) is 10.8 Å². The zero-order valence-corrected chi connectivity index (χ0v) is 9.44. The van der Waals surface area contributed by atoms with E-state index in [2.05, 4.69) is 23.2 Å². The van der Waals surface area contributed by atoms with Crippen molar-refractivity contribution in [2.75, 3.05) is 13.7 Å². The number of nitrogens with zero attached hydrogens (tertiary/aromatic N) is 1. The number of methoxy groups -OCH3 is 1. The first-order valence-corrected chi connectivity index (χ1v) is 5.47. The Morgan fingerprint density at radius 3 is 2.94 bits per heavy atom. The minimum absolute atomic E-state index is 0.687. The van der Waals surface area contributed by atoms with Crippen LogP contribution in [0.15, 0.2) is 30.5 Å². The molecule has 3 heteroatoms. The standard InChI is InChI=1S/C13H16N2O/c1-16-13-12-9-10(3-2-7-14)4-5-11(12)6-8-15-13/h4-6,8-9H,2-3,7,14H2,1H3. The number of ether oxygens (including phenoxy) is 1. The number of aryl methyl sites for hydroxylation is 1. The zero-order chi connectivity index (χ0) is 11.4. The molecular weight excluding hydrogens is 200 g/mol. The van der Waals surface area contributed by atoms with Gasteiger partial charge in [-0.25, -0.2) is 4.98 Å². The van der Waals surface area contributed by atoms with Gasteiger partial charge >= 0.3 is 0 Å². The second-order valence-corrected chi connectivity index (χ2v) is 3.77. The van der Waals surface area contributed by atoms with Gasteiger partial charge in [0.1, 0.15) is 0 Å². The second kappa shape index (κ2) is 4.94. The first-order valence-electron chi connectivity index (χ1n) is 5.47. The first-order chi connectivity index (χ1) is 7.85.